The van der Waals surface area contributed by atoms with Gasteiger partial charge in [-0.25, -0.2) is 0 Å². The zero-order valence-corrected chi connectivity index (χ0v) is 9.10. The van der Waals surface area contributed by atoms with Crippen LogP contribution < -0.4 is 5.32 Å². The summed E-state index contributed by atoms with van der Waals surface area (Å²) in [7, 11) is 0. The summed E-state index contributed by atoms with van der Waals surface area (Å²) in [5.74, 6) is 0.00345. The second kappa shape index (κ2) is 5.76. The molecule has 1 rings (SSSR count). The number of hydrogen-bond donors (Lipinski definition) is 2. The number of nitrogens with zero attached hydrogens (tertiary/aromatic N) is 1. The van der Waals surface area contributed by atoms with Crippen LogP contribution >= 0.6 is 0 Å². The van der Waals surface area contributed by atoms with E-state index in [4.69, 9.17) is 5.26 Å². The summed E-state index contributed by atoms with van der Waals surface area (Å²) in [6.07, 6.45) is 0.510. The van der Waals surface area contributed by atoms with Crippen molar-refractivity contribution in [2.45, 2.75) is 25.8 Å². The SMILES string of the molecule is CC(CC#N)NC(=O)Cc1cccc(O)c1. The highest BCUT2D eigenvalue weighted by Gasteiger charge is 2.07. The van der Waals surface area contributed by atoms with Gasteiger partial charge in [0.15, 0.2) is 0 Å². The van der Waals surface area contributed by atoms with E-state index in [1.807, 2.05) is 6.07 Å². The highest BCUT2D eigenvalue weighted by molar-refractivity contribution is 5.78. The van der Waals surface area contributed by atoms with Crippen LogP contribution in [0.15, 0.2) is 24.3 Å². The Labute approximate surface area is 94.5 Å². The van der Waals surface area contributed by atoms with Gasteiger partial charge in [-0.15, -0.1) is 0 Å². The molecule has 0 radical (unpaired) electrons. The molecule has 0 aliphatic carbocycles. The van der Waals surface area contributed by atoms with Crippen molar-refractivity contribution < 1.29 is 9.90 Å². The summed E-state index contributed by atoms with van der Waals surface area (Å²) in [6.45, 7) is 1.78. The Hall–Kier alpha value is -2.02. The third-order valence-electron chi connectivity index (χ3n) is 2.08. The molecule has 1 aromatic rings. The van der Waals surface area contributed by atoms with E-state index < -0.39 is 0 Å². The predicted molar refractivity (Wildman–Crippen MR) is 59.6 cm³/mol. The molecule has 0 aliphatic heterocycles. The summed E-state index contributed by atoms with van der Waals surface area (Å²) in [5, 5.41) is 20.4. The third-order valence-corrected chi connectivity index (χ3v) is 2.08. The van der Waals surface area contributed by atoms with Gasteiger partial charge < -0.3 is 10.4 Å². The van der Waals surface area contributed by atoms with Crippen LogP contribution in [0, 0.1) is 11.3 Å². The lowest BCUT2D eigenvalue weighted by molar-refractivity contribution is -0.121. The van der Waals surface area contributed by atoms with E-state index in [1.54, 1.807) is 31.2 Å². The van der Waals surface area contributed by atoms with E-state index in [9.17, 15) is 9.90 Å². The first-order chi connectivity index (χ1) is 7.61. The van der Waals surface area contributed by atoms with Crippen LogP contribution in [0.3, 0.4) is 0 Å². The molecule has 0 bridgehead atoms. The molecule has 4 nitrogen and oxygen atoms in total. The maximum absolute atomic E-state index is 11.5. The summed E-state index contributed by atoms with van der Waals surface area (Å²) in [5.41, 5.74) is 0.752. The second-order valence-electron chi connectivity index (χ2n) is 3.68. The first kappa shape index (κ1) is 12.1. The topological polar surface area (TPSA) is 73.1 Å². The highest BCUT2D eigenvalue weighted by atomic mass is 16.3. The number of nitrogens with one attached hydrogen (secondary N) is 1. The lowest BCUT2D eigenvalue weighted by Gasteiger charge is -2.10. The number of carbonyl (C=O) groups is 1. The predicted octanol–water partition coefficient (Wildman–Crippen LogP) is 1.35. The van der Waals surface area contributed by atoms with Crippen molar-refractivity contribution in [3.05, 3.63) is 29.8 Å². The maximum atomic E-state index is 11.5. The molecule has 0 aliphatic rings. The molecule has 0 spiro atoms. The Bertz CT molecular complexity index is 410. The average Bonchev–Trinajstić information content (AvgIpc) is 2.17. The number of phenols is 1. The second-order valence-corrected chi connectivity index (χ2v) is 3.68. The molecule has 2 N–H and O–H groups in total. The molecule has 0 aromatic heterocycles. The number of phenolic OH excluding ortho intramolecular Hbond substituents is 1. The van der Waals surface area contributed by atoms with E-state index in [0.717, 1.165) is 5.56 Å². The number of aromatic hydroxyl groups is 1. The molecule has 1 atom stereocenters. The minimum absolute atomic E-state index is 0.144. The summed E-state index contributed by atoms with van der Waals surface area (Å²) >= 11 is 0. The first-order valence-corrected chi connectivity index (χ1v) is 5.06. The lowest BCUT2D eigenvalue weighted by atomic mass is 10.1. The van der Waals surface area contributed by atoms with Crippen LogP contribution in [0.4, 0.5) is 0 Å². The fourth-order valence-electron chi connectivity index (χ4n) is 1.37. The lowest BCUT2D eigenvalue weighted by Crippen LogP contribution is -2.33. The highest BCUT2D eigenvalue weighted by Crippen LogP contribution is 2.11. The van der Waals surface area contributed by atoms with Gasteiger partial charge in [-0.05, 0) is 24.6 Å². The molecule has 1 amide bonds. The molecule has 0 saturated heterocycles. The van der Waals surface area contributed by atoms with E-state index in [0.29, 0.717) is 6.42 Å². The van der Waals surface area contributed by atoms with Gasteiger partial charge in [0.2, 0.25) is 5.91 Å². The van der Waals surface area contributed by atoms with Gasteiger partial charge in [0, 0.05) is 6.04 Å². The molecular weight excluding hydrogens is 204 g/mol. The van der Waals surface area contributed by atoms with Crippen LogP contribution in [0.1, 0.15) is 18.9 Å². The van der Waals surface area contributed by atoms with E-state index in [-0.39, 0.29) is 24.1 Å². The number of rotatable bonds is 4. The molecule has 1 aromatic carbocycles. The minimum Gasteiger partial charge on any atom is -0.508 e. The molecule has 16 heavy (non-hydrogen) atoms. The van der Waals surface area contributed by atoms with Gasteiger partial charge in [-0.1, -0.05) is 12.1 Å². The molecule has 0 heterocycles. The molecular formula is C12H14N2O2. The fourth-order valence-corrected chi connectivity index (χ4v) is 1.37. The number of hydrogen-bond acceptors (Lipinski definition) is 3. The summed E-state index contributed by atoms with van der Waals surface area (Å²) in [4.78, 5) is 11.5. The van der Waals surface area contributed by atoms with E-state index in [2.05, 4.69) is 5.32 Å². The Morgan fingerprint density at radius 2 is 2.38 bits per heavy atom. The Morgan fingerprint density at radius 1 is 1.62 bits per heavy atom. The fraction of sp³-hybridized carbons (Fsp3) is 0.333. The Kier molecular flexibility index (Phi) is 4.34. The van der Waals surface area contributed by atoms with Gasteiger partial charge in [-0.3, -0.25) is 4.79 Å². The van der Waals surface area contributed by atoms with Crippen LogP contribution in [-0.2, 0) is 11.2 Å². The zero-order valence-electron chi connectivity index (χ0n) is 9.10. The van der Waals surface area contributed by atoms with Crippen molar-refractivity contribution >= 4 is 5.91 Å². The largest absolute Gasteiger partial charge is 0.508 e. The van der Waals surface area contributed by atoms with Gasteiger partial charge in [-0.2, -0.15) is 5.26 Å². The normalized spacial score (nSPS) is 11.5. The Balaban J connectivity index is 2.49. The molecule has 1 unspecified atom stereocenters. The monoisotopic (exact) mass is 218 g/mol. The molecule has 0 fully saturated rings. The van der Waals surface area contributed by atoms with Crippen LogP contribution in [0.5, 0.6) is 5.75 Å². The van der Waals surface area contributed by atoms with E-state index >= 15 is 0 Å². The van der Waals surface area contributed by atoms with Crippen molar-refractivity contribution in [2.75, 3.05) is 0 Å². The molecule has 84 valence electrons. The van der Waals surface area contributed by atoms with Crippen molar-refractivity contribution in [1.29, 1.82) is 5.26 Å². The van der Waals surface area contributed by atoms with Crippen molar-refractivity contribution in [2.24, 2.45) is 0 Å². The number of carbonyl (C=O) groups excluding carboxylic acids is 1. The molecule has 0 saturated carbocycles. The number of nitriles is 1. The average molecular weight is 218 g/mol. The van der Waals surface area contributed by atoms with Gasteiger partial charge >= 0.3 is 0 Å². The quantitative estimate of drug-likeness (QED) is 0.801. The number of benzene rings is 1. The summed E-state index contributed by atoms with van der Waals surface area (Å²) in [6, 6.07) is 8.42. The first-order valence-electron chi connectivity index (χ1n) is 5.06. The Morgan fingerprint density at radius 3 is 3.00 bits per heavy atom. The third kappa shape index (κ3) is 4.01. The molecule has 4 heteroatoms. The summed E-state index contributed by atoms with van der Waals surface area (Å²) < 4.78 is 0. The van der Waals surface area contributed by atoms with Crippen molar-refractivity contribution in [3.8, 4) is 11.8 Å². The van der Waals surface area contributed by atoms with Gasteiger partial charge in [0.05, 0.1) is 18.9 Å². The van der Waals surface area contributed by atoms with Gasteiger partial charge in [0.1, 0.15) is 5.75 Å². The van der Waals surface area contributed by atoms with E-state index in [1.165, 1.54) is 0 Å². The smallest absolute Gasteiger partial charge is 0.224 e. The standard InChI is InChI=1S/C12H14N2O2/c1-9(5-6-13)14-12(16)8-10-3-2-4-11(15)7-10/h2-4,7,9,15H,5,8H2,1H3,(H,14,16). The number of amides is 1. The van der Waals surface area contributed by atoms with Crippen LogP contribution in [0.2, 0.25) is 0 Å². The van der Waals surface area contributed by atoms with Crippen molar-refractivity contribution in [3.63, 3.8) is 0 Å². The van der Waals surface area contributed by atoms with Crippen LogP contribution in [0.25, 0.3) is 0 Å². The van der Waals surface area contributed by atoms with Crippen molar-refractivity contribution in [1.82, 2.24) is 5.32 Å². The zero-order chi connectivity index (χ0) is 12.0. The van der Waals surface area contributed by atoms with Crippen LogP contribution in [-0.4, -0.2) is 17.1 Å². The van der Waals surface area contributed by atoms with Gasteiger partial charge in [0.25, 0.3) is 0 Å². The maximum Gasteiger partial charge on any atom is 0.224 e. The minimum atomic E-state index is -0.145.